The Morgan fingerprint density at radius 2 is 1.13 bits per heavy atom. The number of halogens is 7. The summed E-state index contributed by atoms with van der Waals surface area (Å²) in [5.74, 6) is 0. The topological polar surface area (TPSA) is 63.6 Å². The quantitative estimate of drug-likeness (QED) is 0.543. The summed E-state index contributed by atoms with van der Waals surface area (Å²) in [6.45, 7) is 0. The summed E-state index contributed by atoms with van der Waals surface area (Å²) in [6, 6.07) is 0. The fraction of sp³-hybridized carbons (Fsp3) is 1.00. The third kappa shape index (κ3) is 3.19. The first-order chi connectivity index (χ1) is 6.21. The largest absolute Gasteiger partial charge is 0.519 e. The van der Waals surface area contributed by atoms with E-state index in [9.17, 15) is 42.9 Å². The maximum atomic E-state index is 12.0. The Balaban J connectivity index is 5.77. The number of hydrogen-bond acceptors (Lipinski definition) is 3. The lowest BCUT2D eigenvalue weighted by Gasteiger charge is -2.06. The van der Waals surface area contributed by atoms with Crippen molar-refractivity contribution in [2.24, 2.45) is 3.77 Å². The number of alkyl halides is 6. The van der Waals surface area contributed by atoms with Crippen LogP contribution in [0.2, 0.25) is 0 Å². The minimum atomic E-state index is -6.97. The molecule has 0 heterocycles. The summed E-state index contributed by atoms with van der Waals surface area (Å²) in [7, 11) is -13.8. The van der Waals surface area contributed by atoms with Gasteiger partial charge in [-0.3, -0.25) is 0 Å². The highest BCUT2D eigenvalue weighted by molar-refractivity contribution is 8.01. The molecule has 15 heavy (non-hydrogen) atoms. The lowest BCUT2D eigenvalue weighted by molar-refractivity contribution is -0.0457. The molecular weight excluding hydrogens is 283 g/mol. The predicted octanol–water partition coefficient (Wildman–Crippen LogP) is 1.71. The molecule has 0 aliphatic carbocycles. The summed E-state index contributed by atoms with van der Waals surface area (Å²) >= 11 is 0. The lowest BCUT2D eigenvalue weighted by Crippen LogP contribution is -2.25. The Morgan fingerprint density at radius 1 is 0.800 bits per heavy atom. The van der Waals surface area contributed by atoms with Gasteiger partial charge in [-0.05, 0) is 0 Å². The van der Waals surface area contributed by atoms with Crippen molar-refractivity contribution < 1.29 is 42.9 Å². The van der Waals surface area contributed by atoms with Crippen LogP contribution in [0.3, 0.4) is 0 Å². The van der Waals surface area contributed by atoms with E-state index in [2.05, 4.69) is 0 Å². The van der Waals surface area contributed by atoms with E-state index >= 15 is 0 Å². The second kappa shape index (κ2) is 3.47. The highest BCUT2D eigenvalue weighted by atomic mass is 32.3. The van der Waals surface area contributed by atoms with Gasteiger partial charge in [0, 0.05) is 0 Å². The second-order valence-electron chi connectivity index (χ2n) is 1.90. The SMILES string of the molecule is O=S(=O)(N=S(=O)(F)C(F)(F)F)C(F)(F)F. The summed E-state index contributed by atoms with van der Waals surface area (Å²) in [4.78, 5) is 0. The highest BCUT2D eigenvalue weighted by Gasteiger charge is 2.52. The van der Waals surface area contributed by atoms with Crippen molar-refractivity contribution in [3.63, 3.8) is 0 Å². The maximum Gasteiger partial charge on any atom is 0.519 e. The zero-order valence-electron chi connectivity index (χ0n) is 6.13. The molecule has 1 atom stereocenters. The van der Waals surface area contributed by atoms with E-state index in [0.29, 0.717) is 3.77 Å². The van der Waals surface area contributed by atoms with E-state index in [0.717, 1.165) is 0 Å². The molecule has 0 aromatic rings. The summed E-state index contributed by atoms with van der Waals surface area (Å²) in [5.41, 5.74) is -12.6. The molecule has 0 aromatic heterocycles. The van der Waals surface area contributed by atoms with E-state index in [-0.39, 0.29) is 0 Å². The molecule has 0 N–H and O–H groups in total. The molecule has 0 radical (unpaired) electrons. The number of sulfonamides is 1. The van der Waals surface area contributed by atoms with Gasteiger partial charge in [0.15, 0.2) is 0 Å². The van der Waals surface area contributed by atoms with Crippen LogP contribution in [0.4, 0.5) is 30.2 Å². The van der Waals surface area contributed by atoms with Gasteiger partial charge in [-0.15, -0.1) is 3.89 Å². The summed E-state index contributed by atoms with van der Waals surface area (Å²) in [5, 5.41) is 0. The number of rotatable bonds is 1. The maximum absolute atomic E-state index is 12.0. The van der Waals surface area contributed by atoms with Gasteiger partial charge in [-0.2, -0.15) is 34.8 Å². The van der Waals surface area contributed by atoms with Gasteiger partial charge in [-0.25, -0.2) is 4.21 Å². The first-order valence-corrected chi connectivity index (χ1v) is 5.42. The second-order valence-corrected chi connectivity index (χ2v) is 5.29. The zero-order valence-corrected chi connectivity index (χ0v) is 7.77. The molecule has 0 amide bonds. The van der Waals surface area contributed by atoms with Crippen LogP contribution in [0.5, 0.6) is 0 Å². The average molecular weight is 283 g/mol. The number of hydrogen-bond donors (Lipinski definition) is 0. The van der Waals surface area contributed by atoms with Crippen LogP contribution in [0, 0.1) is 0 Å². The van der Waals surface area contributed by atoms with Crippen molar-refractivity contribution in [3.8, 4) is 0 Å². The Hall–Kier alpha value is -0.590. The van der Waals surface area contributed by atoms with Crippen LogP contribution in [0.1, 0.15) is 0 Å². The van der Waals surface area contributed by atoms with E-state index in [4.69, 9.17) is 0 Å². The van der Waals surface area contributed by atoms with Crippen LogP contribution in [0.25, 0.3) is 0 Å². The van der Waals surface area contributed by atoms with E-state index < -0.39 is 31.2 Å². The molecule has 0 rings (SSSR count). The molecule has 0 aromatic carbocycles. The van der Waals surface area contributed by atoms with Crippen LogP contribution < -0.4 is 0 Å². The van der Waals surface area contributed by atoms with Gasteiger partial charge < -0.3 is 0 Å². The molecule has 13 heteroatoms. The Labute approximate surface area is 78.6 Å². The van der Waals surface area contributed by atoms with Crippen molar-refractivity contribution in [2.75, 3.05) is 0 Å². The smallest absolute Gasteiger partial charge is 0.206 e. The van der Waals surface area contributed by atoms with E-state index in [1.807, 2.05) is 0 Å². The van der Waals surface area contributed by atoms with Crippen molar-refractivity contribution in [3.05, 3.63) is 0 Å². The van der Waals surface area contributed by atoms with Crippen molar-refractivity contribution in [2.45, 2.75) is 11.0 Å². The van der Waals surface area contributed by atoms with Crippen molar-refractivity contribution in [1.29, 1.82) is 0 Å². The molecule has 1 unspecified atom stereocenters. The van der Waals surface area contributed by atoms with Crippen molar-refractivity contribution in [1.82, 2.24) is 0 Å². The van der Waals surface area contributed by atoms with Gasteiger partial charge in [0.1, 0.15) is 0 Å². The molecule has 0 spiro atoms. The molecule has 0 saturated heterocycles. The minimum Gasteiger partial charge on any atom is -0.206 e. The molecular formula is C2F7NO3S2. The summed E-state index contributed by atoms with van der Waals surface area (Å²) < 4.78 is 111. The molecule has 4 nitrogen and oxygen atoms in total. The van der Waals surface area contributed by atoms with Crippen LogP contribution in [-0.4, -0.2) is 23.6 Å². The predicted molar refractivity (Wildman–Crippen MR) is 32.7 cm³/mol. The minimum absolute atomic E-state index is 0.667. The Kier molecular flexibility index (Phi) is 3.33. The molecule has 0 fully saturated rings. The third-order valence-electron chi connectivity index (χ3n) is 0.772. The lowest BCUT2D eigenvalue weighted by atomic mass is 11.6. The standard InChI is InChI=1S/C2F7NO3S2/c3-1(4,5)14(9,11)10-15(12,13)2(6,7)8. The van der Waals surface area contributed by atoms with Crippen LogP contribution in [0.15, 0.2) is 3.77 Å². The normalized spacial score (nSPS) is 18.3. The monoisotopic (exact) mass is 283 g/mol. The Bertz CT molecular complexity index is 448. The average Bonchev–Trinajstić information content (AvgIpc) is 1.77. The molecule has 0 bridgehead atoms. The fourth-order valence-electron chi connectivity index (χ4n) is 0.211. The first kappa shape index (κ1) is 14.4. The fourth-order valence-corrected chi connectivity index (χ4v) is 1.90. The van der Waals surface area contributed by atoms with Crippen LogP contribution in [-0.2, 0) is 20.1 Å². The molecule has 0 aliphatic heterocycles. The van der Waals surface area contributed by atoms with E-state index in [1.165, 1.54) is 0 Å². The van der Waals surface area contributed by atoms with Gasteiger partial charge in [-0.1, -0.05) is 3.77 Å². The van der Waals surface area contributed by atoms with Crippen LogP contribution >= 0.6 is 0 Å². The molecule has 0 aliphatic rings. The zero-order chi connectivity index (χ0) is 12.7. The van der Waals surface area contributed by atoms with Crippen molar-refractivity contribution >= 4 is 20.1 Å². The summed E-state index contributed by atoms with van der Waals surface area (Å²) in [6.07, 6.45) is 0. The van der Waals surface area contributed by atoms with Gasteiger partial charge >= 0.3 is 31.2 Å². The van der Waals surface area contributed by atoms with Gasteiger partial charge in [0.2, 0.25) is 0 Å². The van der Waals surface area contributed by atoms with Gasteiger partial charge in [0.25, 0.3) is 0 Å². The third-order valence-corrected chi connectivity index (χ3v) is 3.48. The highest BCUT2D eigenvalue weighted by Crippen LogP contribution is 2.32. The first-order valence-electron chi connectivity index (χ1n) is 2.56. The molecule has 0 saturated carbocycles. The van der Waals surface area contributed by atoms with E-state index in [1.54, 1.807) is 0 Å². The van der Waals surface area contributed by atoms with Gasteiger partial charge in [0.05, 0.1) is 0 Å². The Morgan fingerprint density at radius 3 is 1.33 bits per heavy atom. The number of nitrogens with zero attached hydrogens (tertiary/aromatic N) is 1. The molecule has 92 valence electrons.